The highest BCUT2D eigenvalue weighted by molar-refractivity contribution is 6.46. The summed E-state index contributed by atoms with van der Waals surface area (Å²) in [5, 5.41) is 11.6. The first-order valence-electron chi connectivity index (χ1n) is 9.60. The molecule has 0 radical (unpaired) electrons. The average Bonchev–Trinajstić information content (AvgIpc) is 3.01. The van der Waals surface area contributed by atoms with Crippen LogP contribution in [0, 0.1) is 6.92 Å². The summed E-state index contributed by atoms with van der Waals surface area (Å²) in [5.74, 6) is -1.30. The van der Waals surface area contributed by atoms with Crippen LogP contribution in [-0.4, -0.2) is 56.2 Å². The second-order valence-corrected chi connectivity index (χ2v) is 7.44. The minimum absolute atomic E-state index is 0.0296. The quantitative estimate of drug-likeness (QED) is 0.397. The van der Waals surface area contributed by atoms with E-state index < -0.39 is 17.7 Å². The van der Waals surface area contributed by atoms with Gasteiger partial charge in [0.05, 0.1) is 43.0 Å². The van der Waals surface area contributed by atoms with Crippen molar-refractivity contribution in [2.75, 3.05) is 34.5 Å². The zero-order valence-electron chi connectivity index (χ0n) is 17.8. The van der Waals surface area contributed by atoms with Crippen molar-refractivity contribution in [2.45, 2.75) is 13.0 Å². The number of nitrogens with zero attached hydrogens (tertiary/aromatic N) is 1. The number of aryl methyl sites for hydroxylation is 1. The van der Waals surface area contributed by atoms with Gasteiger partial charge >= 0.3 is 0 Å². The number of carbonyl (C=O) groups excluding carboxylic acids is 2. The van der Waals surface area contributed by atoms with Gasteiger partial charge in [0.2, 0.25) is 0 Å². The third kappa shape index (κ3) is 4.11. The van der Waals surface area contributed by atoms with E-state index >= 15 is 0 Å². The molecule has 1 atom stereocenters. The highest BCUT2D eigenvalue weighted by atomic mass is 35.5. The van der Waals surface area contributed by atoms with Crippen LogP contribution >= 0.6 is 11.6 Å². The molecule has 8 heteroatoms. The van der Waals surface area contributed by atoms with E-state index in [1.54, 1.807) is 0 Å². The normalized spacial score (nSPS) is 17.8. The number of hydrogen-bond donors (Lipinski definition) is 1. The number of likely N-dealkylation sites (tertiary alicyclic amines) is 1. The van der Waals surface area contributed by atoms with Gasteiger partial charge in [-0.25, -0.2) is 0 Å². The molecule has 2 aromatic carbocycles. The zero-order chi connectivity index (χ0) is 22.7. The van der Waals surface area contributed by atoms with Gasteiger partial charge in [0, 0.05) is 19.7 Å². The number of ketones is 1. The Morgan fingerprint density at radius 3 is 2.39 bits per heavy atom. The van der Waals surface area contributed by atoms with Crippen molar-refractivity contribution in [3.05, 3.63) is 63.7 Å². The van der Waals surface area contributed by atoms with Gasteiger partial charge in [-0.15, -0.1) is 0 Å². The van der Waals surface area contributed by atoms with Crippen molar-refractivity contribution in [3.63, 3.8) is 0 Å². The highest BCUT2D eigenvalue weighted by Crippen LogP contribution is 2.43. The van der Waals surface area contributed by atoms with E-state index in [1.807, 2.05) is 31.2 Å². The molecule has 0 spiro atoms. The van der Waals surface area contributed by atoms with Crippen molar-refractivity contribution < 1.29 is 28.9 Å². The first-order chi connectivity index (χ1) is 14.8. The van der Waals surface area contributed by atoms with E-state index in [2.05, 4.69) is 0 Å². The maximum Gasteiger partial charge on any atom is 0.295 e. The molecule has 1 unspecified atom stereocenters. The fourth-order valence-corrected chi connectivity index (χ4v) is 3.94. The summed E-state index contributed by atoms with van der Waals surface area (Å²) in [4.78, 5) is 27.4. The van der Waals surface area contributed by atoms with Crippen molar-refractivity contribution in [3.8, 4) is 11.5 Å². The minimum atomic E-state index is -0.780. The van der Waals surface area contributed by atoms with Gasteiger partial charge in [-0.2, -0.15) is 0 Å². The molecule has 1 aliphatic rings. The summed E-state index contributed by atoms with van der Waals surface area (Å²) in [5.41, 5.74) is 1.78. The summed E-state index contributed by atoms with van der Waals surface area (Å²) >= 11 is 6.18. The van der Waals surface area contributed by atoms with Crippen LogP contribution in [0.2, 0.25) is 5.02 Å². The maximum atomic E-state index is 13.1. The molecule has 3 rings (SSSR count). The van der Waals surface area contributed by atoms with Crippen LogP contribution in [0.15, 0.2) is 42.0 Å². The number of aliphatic hydroxyl groups excluding tert-OH is 1. The van der Waals surface area contributed by atoms with E-state index in [9.17, 15) is 14.7 Å². The lowest BCUT2D eigenvalue weighted by Crippen LogP contribution is -2.32. The molecule has 1 saturated heterocycles. The van der Waals surface area contributed by atoms with Crippen molar-refractivity contribution in [1.29, 1.82) is 0 Å². The molecule has 31 heavy (non-hydrogen) atoms. The monoisotopic (exact) mass is 445 g/mol. The van der Waals surface area contributed by atoms with Crippen molar-refractivity contribution in [1.82, 2.24) is 4.90 Å². The number of benzene rings is 2. The molecular weight excluding hydrogens is 422 g/mol. The van der Waals surface area contributed by atoms with Crippen LogP contribution in [0.5, 0.6) is 11.5 Å². The number of halogens is 1. The minimum Gasteiger partial charge on any atom is -0.507 e. The van der Waals surface area contributed by atoms with Crippen LogP contribution < -0.4 is 9.47 Å². The van der Waals surface area contributed by atoms with Gasteiger partial charge in [0.15, 0.2) is 0 Å². The standard InChI is InChI=1S/C23H24ClNO6/c1-13-7-5-6-8-14(13)20-19(22(27)23(28)25(20)9-10-29-2)21(26)15-11-18(31-4)16(24)12-17(15)30-3/h5-8,11-12,20,26H,9-10H2,1-4H3/b21-19+. The summed E-state index contributed by atoms with van der Waals surface area (Å²) in [7, 11) is 4.38. The first-order valence-corrected chi connectivity index (χ1v) is 9.98. The number of aliphatic hydroxyl groups is 1. The molecule has 1 N–H and O–H groups in total. The molecule has 164 valence electrons. The lowest BCUT2D eigenvalue weighted by atomic mass is 9.92. The van der Waals surface area contributed by atoms with Crippen LogP contribution in [0.25, 0.3) is 5.76 Å². The summed E-state index contributed by atoms with van der Waals surface area (Å²) in [6.07, 6.45) is 0. The second-order valence-electron chi connectivity index (χ2n) is 7.03. The van der Waals surface area contributed by atoms with E-state index in [1.165, 1.54) is 38.4 Å². The van der Waals surface area contributed by atoms with Crippen LogP contribution in [-0.2, 0) is 14.3 Å². The lowest BCUT2D eigenvalue weighted by Gasteiger charge is -2.26. The predicted molar refractivity (Wildman–Crippen MR) is 117 cm³/mol. The van der Waals surface area contributed by atoms with E-state index in [0.717, 1.165) is 11.1 Å². The Balaban J connectivity index is 2.28. The Morgan fingerprint density at radius 1 is 1.10 bits per heavy atom. The number of Topliss-reactive ketones (excluding diaryl/α,β-unsaturated/α-hetero) is 1. The Hall–Kier alpha value is -3.03. The van der Waals surface area contributed by atoms with Crippen molar-refractivity contribution >= 4 is 29.1 Å². The van der Waals surface area contributed by atoms with Crippen LogP contribution in [0.4, 0.5) is 0 Å². The third-order valence-corrected chi connectivity index (χ3v) is 5.58. The highest BCUT2D eigenvalue weighted by Gasteiger charge is 2.46. The smallest absolute Gasteiger partial charge is 0.295 e. The molecule has 0 aromatic heterocycles. The summed E-state index contributed by atoms with van der Waals surface area (Å²) < 4.78 is 15.7. The van der Waals surface area contributed by atoms with Crippen molar-refractivity contribution in [2.24, 2.45) is 0 Å². The molecule has 1 fully saturated rings. The molecule has 1 amide bonds. The molecular formula is C23H24ClNO6. The number of methoxy groups -OCH3 is 3. The van der Waals surface area contributed by atoms with Crippen LogP contribution in [0.3, 0.4) is 0 Å². The maximum absolute atomic E-state index is 13.1. The van der Waals surface area contributed by atoms with Gasteiger partial charge in [-0.1, -0.05) is 35.9 Å². The Kier molecular flexibility index (Phi) is 6.87. The van der Waals surface area contributed by atoms with E-state index in [0.29, 0.717) is 5.75 Å². The first kappa shape index (κ1) is 22.7. The Labute approximate surface area is 185 Å². The molecule has 1 aliphatic heterocycles. The molecule has 7 nitrogen and oxygen atoms in total. The topological polar surface area (TPSA) is 85.3 Å². The zero-order valence-corrected chi connectivity index (χ0v) is 18.5. The fourth-order valence-electron chi connectivity index (χ4n) is 3.71. The largest absolute Gasteiger partial charge is 0.507 e. The number of carbonyl (C=O) groups is 2. The second kappa shape index (κ2) is 9.41. The SMILES string of the molecule is COCCN1C(=O)C(=O)/C(=C(/O)c2cc(OC)c(Cl)cc2OC)C1c1ccccc1C. The number of amides is 1. The predicted octanol–water partition coefficient (Wildman–Crippen LogP) is 3.73. The third-order valence-electron chi connectivity index (χ3n) is 5.29. The van der Waals surface area contributed by atoms with E-state index in [4.69, 9.17) is 25.8 Å². The number of hydrogen-bond acceptors (Lipinski definition) is 6. The summed E-state index contributed by atoms with van der Waals surface area (Å²) in [6, 6.07) is 9.60. The molecule has 2 aromatic rings. The number of rotatable bonds is 7. The Morgan fingerprint density at radius 2 is 1.77 bits per heavy atom. The fraction of sp³-hybridized carbons (Fsp3) is 0.304. The van der Waals surface area contributed by atoms with Gasteiger partial charge in [-0.05, 0) is 24.1 Å². The Bertz CT molecular complexity index is 1050. The molecule has 0 aliphatic carbocycles. The van der Waals surface area contributed by atoms with Crippen LogP contribution in [0.1, 0.15) is 22.7 Å². The van der Waals surface area contributed by atoms with Gasteiger partial charge < -0.3 is 24.2 Å². The lowest BCUT2D eigenvalue weighted by molar-refractivity contribution is -0.140. The van der Waals surface area contributed by atoms with Gasteiger partial charge in [0.25, 0.3) is 11.7 Å². The molecule has 0 saturated carbocycles. The van der Waals surface area contributed by atoms with Gasteiger partial charge in [0.1, 0.15) is 17.3 Å². The average molecular weight is 446 g/mol. The van der Waals surface area contributed by atoms with Gasteiger partial charge in [-0.3, -0.25) is 9.59 Å². The molecule has 1 heterocycles. The van der Waals surface area contributed by atoms with E-state index in [-0.39, 0.29) is 40.8 Å². The number of ether oxygens (including phenoxy) is 3. The summed E-state index contributed by atoms with van der Waals surface area (Å²) in [6.45, 7) is 2.32. The molecule has 0 bridgehead atoms.